The number of nitrogens with one attached hydrogen (secondary N) is 1. The SMILES string of the molecule is CC[C@@]1(O)C(=O)OCc2c1cc1n(c2=O)Cc2c-1nc1cc(F)c(C)c3c1c2[C@@H](NC(=O)O[C@H]1COC[C@@H]1SSP)CC3. The number of halogens is 1. The lowest BCUT2D eigenvalue weighted by molar-refractivity contribution is -0.172. The van der Waals surface area contributed by atoms with E-state index in [-0.39, 0.29) is 47.3 Å². The van der Waals surface area contributed by atoms with Crippen LogP contribution in [-0.4, -0.2) is 51.3 Å². The van der Waals surface area contributed by atoms with Gasteiger partial charge in [0.05, 0.1) is 53.5 Å². The summed E-state index contributed by atoms with van der Waals surface area (Å²) in [6.45, 7) is 4.11. The maximum Gasteiger partial charge on any atom is 0.408 e. The largest absolute Gasteiger partial charge is 0.458 e. The maximum atomic E-state index is 15.1. The number of ether oxygens (including phenoxy) is 3. The molecule has 1 saturated heterocycles. The first-order valence-electron chi connectivity index (χ1n) is 14.0. The summed E-state index contributed by atoms with van der Waals surface area (Å²) < 4.78 is 33.2. The zero-order chi connectivity index (χ0) is 30.2. The molecule has 7 rings (SSSR count). The Bertz CT molecular complexity index is 1790. The van der Waals surface area contributed by atoms with Crippen LogP contribution >= 0.6 is 29.6 Å². The van der Waals surface area contributed by atoms with Crippen LogP contribution in [0.2, 0.25) is 0 Å². The molecule has 3 aromatic rings. The number of benzene rings is 1. The van der Waals surface area contributed by atoms with Gasteiger partial charge < -0.3 is 29.2 Å². The van der Waals surface area contributed by atoms with E-state index in [1.54, 1.807) is 35.3 Å². The number of esters is 1. The number of rotatable bonds is 5. The van der Waals surface area contributed by atoms with E-state index in [0.717, 1.165) is 22.1 Å². The van der Waals surface area contributed by atoms with Crippen LogP contribution in [0.5, 0.6) is 0 Å². The van der Waals surface area contributed by atoms with Crippen molar-refractivity contribution in [3.05, 3.63) is 61.7 Å². The van der Waals surface area contributed by atoms with E-state index in [0.29, 0.717) is 48.5 Å². The van der Waals surface area contributed by atoms with Crippen molar-refractivity contribution in [1.29, 1.82) is 0 Å². The number of amides is 1. The van der Waals surface area contributed by atoms with Crippen LogP contribution in [-0.2, 0) is 44.2 Å². The van der Waals surface area contributed by atoms with Crippen molar-refractivity contribution in [2.24, 2.45) is 0 Å². The number of alkyl carbamates (subject to hydrolysis) is 1. The van der Waals surface area contributed by atoms with Gasteiger partial charge in [-0.3, -0.25) is 4.79 Å². The van der Waals surface area contributed by atoms with Gasteiger partial charge in [0.25, 0.3) is 5.56 Å². The molecule has 4 aliphatic rings. The van der Waals surface area contributed by atoms with Gasteiger partial charge in [0.15, 0.2) is 5.60 Å². The third kappa shape index (κ3) is 4.41. The average Bonchev–Trinajstić information content (AvgIpc) is 3.58. The Labute approximate surface area is 255 Å². The van der Waals surface area contributed by atoms with Crippen molar-refractivity contribution < 1.29 is 33.3 Å². The first-order chi connectivity index (χ1) is 20.7. The van der Waals surface area contributed by atoms with Crippen molar-refractivity contribution in [3.8, 4) is 11.4 Å². The molecular formula is C29H29FN3O7PS2. The Morgan fingerprint density at radius 1 is 1.30 bits per heavy atom. The minimum atomic E-state index is -1.96. The molecule has 5 heterocycles. The Kier molecular flexibility index (Phi) is 7.25. The van der Waals surface area contributed by atoms with Gasteiger partial charge in [-0.2, -0.15) is 0 Å². The number of aromatic nitrogens is 2. The molecule has 1 aliphatic carbocycles. The second-order valence-corrected chi connectivity index (χ2v) is 15.1. The second-order valence-electron chi connectivity index (χ2n) is 11.3. The number of hydrogen-bond acceptors (Lipinski definition) is 10. The van der Waals surface area contributed by atoms with E-state index in [2.05, 4.69) is 13.8 Å². The predicted octanol–water partition coefficient (Wildman–Crippen LogP) is 4.18. The maximum absolute atomic E-state index is 15.1. The molecule has 1 unspecified atom stereocenters. The monoisotopic (exact) mass is 645 g/mol. The number of cyclic esters (lactones) is 1. The Hall–Kier alpha value is -2.70. The predicted molar refractivity (Wildman–Crippen MR) is 163 cm³/mol. The highest BCUT2D eigenvalue weighted by atomic mass is 33.3. The third-order valence-corrected chi connectivity index (χ3v) is 12.0. The van der Waals surface area contributed by atoms with Gasteiger partial charge >= 0.3 is 12.1 Å². The van der Waals surface area contributed by atoms with E-state index < -0.39 is 29.8 Å². The van der Waals surface area contributed by atoms with E-state index in [9.17, 15) is 19.5 Å². The summed E-state index contributed by atoms with van der Waals surface area (Å²) in [6.07, 6.45) is 0.0710. The van der Waals surface area contributed by atoms with Crippen molar-refractivity contribution in [2.75, 3.05) is 13.2 Å². The molecule has 14 heteroatoms. The number of carbonyl (C=O) groups excluding carboxylic acids is 2. The highest BCUT2D eigenvalue weighted by molar-refractivity contribution is 8.94. The van der Waals surface area contributed by atoms with Crippen LogP contribution in [0.25, 0.3) is 22.3 Å². The number of aliphatic hydroxyl groups is 1. The molecule has 0 bridgehead atoms. The zero-order valence-electron chi connectivity index (χ0n) is 23.4. The van der Waals surface area contributed by atoms with Gasteiger partial charge in [-0.15, -0.1) is 0 Å². The van der Waals surface area contributed by atoms with Crippen LogP contribution in [0.1, 0.15) is 59.2 Å². The van der Waals surface area contributed by atoms with Crippen LogP contribution < -0.4 is 10.9 Å². The summed E-state index contributed by atoms with van der Waals surface area (Å²) in [5.41, 5.74) is 2.21. The van der Waals surface area contributed by atoms with Crippen molar-refractivity contribution in [1.82, 2.24) is 14.9 Å². The van der Waals surface area contributed by atoms with E-state index in [4.69, 9.17) is 19.2 Å². The molecule has 43 heavy (non-hydrogen) atoms. The highest BCUT2D eigenvalue weighted by Gasteiger charge is 2.46. The minimum absolute atomic E-state index is 0.00729. The van der Waals surface area contributed by atoms with Crippen molar-refractivity contribution in [2.45, 2.75) is 69.3 Å². The van der Waals surface area contributed by atoms with Crippen molar-refractivity contribution in [3.63, 3.8) is 0 Å². The van der Waals surface area contributed by atoms with E-state index >= 15 is 4.39 Å². The average molecular weight is 646 g/mol. The van der Waals surface area contributed by atoms with Gasteiger partial charge in [0.2, 0.25) is 0 Å². The highest BCUT2D eigenvalue weighted by Crippen LogP contribution is 2.46. The fourth-order valence-corrected chi connectivity index (χ4v) is 9.60. The van der Waals surface area contributed by atoms with Crippen LogP contribution in [0, 0.1) is 12.7 Å². The Morgan fingerprint density at radius 2 is 2.12 bits per heavy atom. The van der Waals surface area contributed by atoms with Crippen molar-refractivity contribution >= 4 is 52.6 Å². The smallest absolute Gasteiger partial charge is 0.408 e. The van der Waals surface area contributed by atoms with Crippen LogP contribution in [0.4, 0.5) is 9.18 Å². The van der Waals surface area contributed by atoms with Gasteiger partial charge in [0, 0.05) is 22.6 Å². The summed E-state index contributed by atoms with van der Waals surface area (Å²) in [4.78, 5) is 44.4. The molecule has 5 atom stereocenters. The van der Waals surface area contributed by atoms with Gasteiger partial charge in [-0.25, -0.2) is 19.0 Å². The molecule has 226 valence electrons. The Balaban J connectivity index is 1.35. The summed E-state index contributed by atoms with van der Waals surface area (Å²) in [7, 11) is 5.65. The lowest BCUT2D eigenvalue weighted by atomic mass is 9.81. The number of fused-ring (bicyclic) bond motifs is 5. The molecule has 10 nitrogen and oxygen atoms in total. The van der Waals surface area contributed by atoms with E-state index in [1.807, 2.05) is 0 Å². The molecule has 0 spiro atoms. The Morgan fingerprint density at radius 3 is 2.88 bits per heavy atom. The van der Waals surface area contributed by atoms with E-state index in [1.165, 1.54) is 16.5 Å². The molecule has 0 radical (unpaired) electrons. The summed E-state index contributed by atoms with van der Waals surface area (Å²) in [5.74, 6) is -1.19. The first kappa shape index (κ1) is 29.0. The van der Waals surface area contributed by atoms with Crippen LogP contribution in [0.3, 0.4) is 0 Å². The number of aryl methyl sites for hydroxylation is 1. The number of hydrogen-bond donors (Lipinski definition) is 2. The van der Waals surface area contributed by atoms with Gasteiger partial charge in [-0.1, -0.05) is 36.6 Å². The molecule has 0 saturated carbocycles. The van der Waals surface area contributed by atoms with Gasteiger partial charge in [0.1, 0.15) is 18.5 Å². The molecule has 2 N–H and O–H groups in total. The second kappa shape index (κ2) is 10.7. The number of pyridine rings is 2. The molecule has 1 fully saturated rings. The zero-order valence-corrected chi connectivity index (χ0v) is 26.2. The number of nitrogens with zero attached hydrogens (tertiary/aromatic N) is 2. The van der Waals surface area contributed by atoms with Crippen LogP contribution in [0.15, 0.2) is 16.9 Å². The molecule has 1 aromatic carbocycles. The molecular weight excluding hydrogens is 616 g/mol. The first-order valence-corrected chi connectivity index (χ1v) is 17.7. The lowest BCUT2D eigenvalue weighted by Gasteiger charge is -2.31. The normalized spacial score (nSPS) is 25.2. The fraction of sp³-hybridized carbons (Fsp3) is 0.448. The molecule has 2 aromatic heterocycles. The summed E-state index contributed by atoms with van der Waals surface area (Å²) >= 11 is 0. The standard InChI is InChI=1S/C29H29FN3O7PS2/c1-3-29(37)16-6-20-25-14(8-33(20)26(34)15(16)9-39-27(29)35)24-18(32-28(36)40-21-10-38-11-22(21)42-43-41)5-4-13-12(2)17(30)7-19(31-25)23(13)24/h6-7,18,21-22,37H,3-5,8-11,41H2,1-2H3,(H,32,36)/t18-,21-,22-,29-/m0/s1. The number of carbonyl (C=O) groups is 2. The topological polar surface area (TPSA) is 129 Å². The quantitative estimate of drug-likeness (QED) is 0.185. The van der Waals surface area contributed by atoms with Gasteiger partial charge in [-0.05, 0) is 48.9 Å². The summed E-state index contributed by atoms with van der Waals surface area (Å²) in [5, 5.41) is 15.1. The molecule has 3 aliphatic heterocycles. The molecule has 1 amide bonds. The lowest BCUT2D eigenvalue weighted by Crippen LogP contribution is -2.44. The summed E-state index contributed by atoms with van der Waals surface area (Å²) in [6, 6.07) is 2.53. The minimum Gasteiger partial charge on any atom is -0.458 e. The fourth-order valence-electron chi connectivity index (χ4n) is 6.80. The third-order valence-electron chi connectivity index (χ3n) is 9.09.